The van der Waals surface area contributed by atoms with Gasteiger partial charge in [0.2, 0.25) is 5.91 Å². The second-order valence-electron chi connectivity index (χ2n) is 6.05. The molecule has 3 atom stereocenters. The Bertz CT molecular complexity index is 491. The van der Waals surface area contributed by atoms with Gasteiger partial charge in [-0.1, -0.05) is 30.3 Å². The topological polar surface area (TPSA) is 41.6 Å². The maximum atomic E-state index is 12.8. The van der Waals surface area contributed by atoms with Gasteiger partial charge in [-0.05, 0) is 12.5 Å². The molecule has 2 aliphatic heterocycles. The van der Waals surface area contributed by atoms with Gasteiger partial charge in [-0.2, -0.15) is 11.8 Å². The number of ether oxygens (including phenoxy) is 1. The SMILES string of the molecule is CC1CN(C(=O)CC2CSCCN2)C(c2ccccc2)CO1. The van der Waals surface area contributed by atoms with Gasteiger partial charge in [0.15, 0.2) is 0 Å². The first-order chi connectivity index (χ1) is 10.7. The Morgan fingerprint density at radius 2 is 2.23 bits per heavy atom. The normalized spacial score (nSPS) is 29.3. The molecule has 0 bridgehead atoms. The standard InChI is InChI=1S/C17H24N2O2S/c1-13-10-19(17(20)9-15-12-22-8-7-18-15)16(11-21-13)14-5-3-2-4-6-14/h2-6,13,15-16,18H,7-12H2,1H3. The molecular weight excluding hydrogens is 296 g/mol. The predicted molar refractivity (Wildman–Crippen MR) is 90.0 cm³/mol. The van der Waals surface area contributed by atoms with Crippen molar-refractivity contribution in [3.8, 4) is 0 Å². The second kappa shape index (κ2) is 7.49. The number of hydrogen-bond acceptors (Lipinski definition) is 4. The minimum absolute atomic E-state index is 0.0427. The highest BCUT2D eigenvalue weighted by Crippen LogP contribution is 2.27. The Morgan fingerprint density at radius 3 is 2.95 bits per heavy atom. The fourth-order valence-electron chi connectivity index (χ4n) is 3.11. The van der Waals surface area contributed by atoms with Crippen molar-refractivity contribution in [3.63, 3.8) is 0 Å². The Hall–Kier alpha value is -1.04. The van der Waals surface area contributed by atoms with Crippen molar-refractivity contribution in [2.75, 3.05) is 31.2 Å². The first-order valence-corrected chi connectivity index (χ1v) is 9.16. The zero-order valence-corrected chi connectivity index (χ0v) is 13.8. The Kier molecular flexibility index (Phi) is 5.39. The van der Waals surface area contributed by atoms with E-state index in [1.54, 1.807) is 0 Å². The Morgan fingerprint density at radius 1 is 1.41 bits per heavy atom. The van der Waals surface area contributed by atoms with E-state index >= 15 is 0 Å². The van der Waals surface area contributed by atoms with Crippen LogP contribution in [-0.4, -0.2) is 54.2 Å². The Balaban J connectivity index is 1.70. The maximum absolute atomic E-state index is 12.8. The van der Waals surface area contributed by atoms with Crippen molar-refractivity contribution in [1.29, 1.82) is 0 Å². The lowest BCUT2D eigenvalue weighted by atomic mass is 10.0. The van der Waals surface area contributed by atoms with E-state index in [0.717, 1.165) is 23.6 Å². The van der Waals surface area contributed by atoms with Crippen LogP contribution in [0.2, 0.25) is 0 Å². The highest BCUT2D eigenvalue weighted by molar-refractivity contribution is 7.99. The molecule has 5 heteroatoms. The van der Waals surface area contributed by atoms with Gasteiger partial charge in [-0.15, -0.1) is 0 Å². The quantitative estimate of drug-likeness (QED) is 0.926. The molecule has 0 aliphatic carbocycles. The molecule has 1 amide bonds. The number of nitrogens with zero attached hydrogens (tertiary/aromatic N) is 1. The number of benzene rings is 1. The van der Waals surface area contributed by atoms with Crippen LogP contribution in [0, 0.1) is 0 Å². The van der Waals surface area contributed by atoms with Crippen LogP contribution in [0.4, 0.5) is 0 Å². The molecule has 120 valence electrons. The summed E-state index contributed by atoms with van der Waals surface area (Å²) in [5.41, 5.74) is 1.16. The molecule has 3 unspecified atom stereocenters. The van der Waals surface area contributed by atoms with Crippen LogP contribution in [0.5, 0.6) is 0 Å². The number of rotatable bonds is 3. The average molecular weight is 320 g/mol. The highest BCUT2D eigenvalue weighted by Gasteiger charge is 2.32. The molecule has 0 spiro atoms. The molecule has 0 saturated carbocycles. The number of carbonyl (C=O) groups excluding carboxylic acids is 1. The van der Waals surface area contributed by atoms with Gasteiger partial charge in [0.05, 0.1) is 18.8 Å². The van der Waals surface area contributed by atoms with Gasteiger partial charge in [0.25, 0.3) is 0 Å². The van der Waals surface area contributed by atoms with E-state index in [1.165, 1.54) is 0 Å². The zero-order chi connectivity index (χ0) is 15.4. The summed E-state index contributed by atoms with van der Waals surface area (Å²) < 4.78 is 5.80. The number of hydrogen-bond donors (Lipinski definition) is 1. The van der Waals surface area contributed by atoms with Crippen molar-refractivity contribution in [1.82, 2.24) is 10.2 Å². The van der Waals surface area contributed by atoms with Crippen molar-refractivity contribution in [2.24, 2.45) is 0 Å². The molecule has 2 aliphatic rings. The molecule has 4 nitrogen and oxygen atoms in total. The lowest BCUT2D eigenvalue weighted by Crippen LogP contribution is -2.49. The fraction of sp³-hybridized carbons (Fsp3) is 0.588. The lowest BCUT2D eigenvalue weighted by molar-refractivity contribution is -0.145. The Labute approximate surface area is 136 Å². The first-order valence-electron chi connectivity index (χ1n) is 8.01. The van der Waals surface area contributed by atoms with Crippen molar-refractivity contribution >= 4 is 17.7 Å². The second-order valence-corrected chi connectivity index (χ2v) is 7.20. The van der Waals surface area contributed by atoms with E-state index in [4.69, 9.17) is 4.74 Å². The monoisotopic (exact) mass is 320 g/mol. The van der Waals surface area contributed by atoms with E-state index in [1.807, 2.05) is 41.8 Å². The summed E-state index contributed by atoms with van der Waals surface area (Å²) in [6.45, 7) is 4.31. The number of morpholine rings is 1. The number of thioether (sulfide) groups is 1. The van der Waals surface area contributed by atoms with Gasteiger partial charge in [0, 0.05) is 37.1 Å². The summed E-state index contributed by atoms with van der Waals surface area (Å²) in [4.78, 5) is 14.8. The van der Waals surface area contributed by atoms with Crippen LogP contribution < -0.4 is 5.32 Å². The molecule has 2 heterocycles. The van der Waals surface area contributed by atoms with Gasteiger partial charge in [-0.25, -0.2) is 0 Å². The van der Waals surface area contributed by atoms with Crippen LogP contribution in [0.15, 0.2) is 30.3 Å². The minimum Gasteiger partial charge on any atom is -0.374 e. The largest absolute Gasteiger partial charge is 0.374 e. The molecular formula is C17H24N2O2S. The molecule has 3 rings (SSSR count). The van der Waals surface area contributed by atoms with E-state index in [9.17, 15) is 4.79 Å². The zero-order valence-electron chi connectivity index (χ0n) is 13.0. The molecule has 1 N–H and O–H groups in total. The molecule has 1 aromatic rings. The predicted octanol–water partition coefficient (Wildman–Crippen LogP) is 2.07. The van der Waals surface area contributed by atoms with Gasteiger partial charge >= 0.3 is 0 Å². The first kappa shape index (κ1) is 15.8. The van der Waals surface area contributed by atoms with Gasteiger partial charge in [0.1, 0.15) is 0 Å². The molecule has 22 heavy (non-hydrogen) atoms. The smallest absolute Gasteiger partial charge is 0.224 e. The third-order valence-electron chi connectivity index (χ3n) is 4.29. The van der Waals surface area contributed by atoms with Crippen LogP contribution >= 0.6 is 11.8 Å². The summed E-state index contributed by atoms with van der Waals surface area (Å²) in [5.74, 6) is 2.41. The summed E-state index contributed by atoms with van der Waals surface area (Å²) in [7, 11) is 0. The molecule has 0 aromatic heterocycles. The van der Waals surface area contributed by atoms with E-state index < -0.39 is 0 Å². The summed E-state index contributed by atoms with van der Waals surface area (Å²) in [6, 6.07) is 10.6. The number of amides is 1. The fourth-order valence-corrected chi connectivity index (χ4v) is 4.06. The summed E-state index contributed by atoms with van der Waals surface area (Å²) in [6.07, 6.45) is 0.695. The van der Waals surface area contributed by atoms with Gasteiger partial charge < -0.3 is 15.0 Å². The number of nitrogens with one attached hydrogen (secondary N) is 1. The van der Waals surface area contributed by atoms with Crippen LogP contribution in [-0.2, 0) is 9.53 Å². The third-order valence-corrected chi connectivity index (χ3v) is 5.42. The van der Waals surface area contributed by atoms with E-state index in [0.29, 0.717) is 25.6 Å². The van der Waals surface area contributed by atoms with Crippen LogP contribution in [0.1, 0.15) is 24.9 Å². The minimum atomic E-state index is 0.0427. The molecule has 0 radical (unpaired) electrons. The summed E-state index contributed by atoms with van der Waals surface area (Å²) >= 11 is 1.93. The van der Waals surface area contributed by atoms with Crippen molar-refractivity contribution < 1.29 is 9.53 Å². The molecule has 1 aromatic carbocycles. The number of carbonyl (C=O) groups is 1. The lowest BCUT2D eigenvalue weighted by Gasteiger charge is -2.40. The van der Waals surface area contributed by atoms with Gasteiger partial charge in [-0.3, -0.25) is 4.79 Å². The summed E-state index contributed by atoms with van der Waals surface area (Å²) in [5, 5.41) is 3.46. The van der Waals surface area contributed by atoms with E-state index in [-0.39, 0.29) is 18.1 Å². The van der Waals surface area contributed by atoms with Crippen LogP contribution in [0.3, 0.4) is 0 Å². The third kappa shape index (κ3) is 3.83. The van der Waals surface area contributed by atoms with Crippen molar-refractivity contribution in [3.05, 3.63) is 35.9 Å². The highest BCUT2D eigenvalue weighted by atomic mass is 32.2. The maximum Gasteiger partial charge on any atom is 0.224 e. The molecule has 2 fully saturated rings. The molecule has 2 saturated heterocycles. The average Bonchev–Trinajstić information content (AvgIpc) is 2.56. The van der Waals surface area contributed by atoms with Crippen molar-refractivity contribution in [2.45, 2.75) is 31.5 Å². The van der Waals surface area contributed by atoms with Crippen LogP contribution in [0.25, 0.3) is 0 Å². The van der Waals surface area contributed by atoms with E-state index in [2.05, 4.69) is 17.4 Å².